The Morgan fingerprint density at radius 3 is 1.81 bits per heavy atom. The average molecular weight is 368 g/mol. The van der Waals surface area contributed by atoms with Crippen molar-refractivity contribution in [3.05, 3.63) is 41.0 Å². The maximum Gasteiger partial charge on any atom is 0.340 e. The van der Waals surface area contributed by atoms with Crippen molar-refractivity contribution in [2.45, 2.75) is 27.2 Å². The van der Waals surface area contributed by atoms with Crippen LogP contribution in [0.4, 0.5) is 5.69 Å². The molecule has 0 atom stereocenters. The van der Waals surface area contributed by atoms with Gasteiger partial charge in [-0.15, -0.1) is 0 Å². The third kappa shape index (κ3) is 4.23. The van der Waals surface area contributed by atoms with Crippen LogP contribution >= 0.6 is 0 Å². The van der Waals surface area contributed by atoms with Gasteiger partial charge in [-0.3, -0.25) is 4.79 Å². The highest BCUT2D eigenvalue weighted by atomic mass is 16.5. The highest BCUT2D eigenvalue weighted by molar-refractivity contribution is 6.18. The molecule has 0 unspecified atom stereocenters. The van der Waals surface area contributed by atoms with Crippen LogP contribution in [0.5, 0.6) is 0 Å². The second-order valence-corrected chi connectivity index (χ2v) is 5.65. The summed E-state index contributed by atoms with van der Waals surface area (Å²) < 4.78 is 10.2. The summed E-state index contributed by atoms with van der Waals surface area (Å²) in [6.07, 6.45) is 0.180. The van der Waals surface area contributed by atoms with Crippen LogP contribution in [0.25, 0.3) is 11.1 Å². The zero-order valence-corrected chi connectivity index (χ0v) is 15.4. The Morgan fingerprint density at radius 1 is 0.963 bits per heavy atom. The van der Waals surface area contributed by atoms with E-state index in [1.54, 1.807) is 38.1 Å². The quantitative estimate of drug-likeness (QED) is 0.785. The number of nitrogens with one attached hydrogen (secondary N) is 1. The van der Waals surface area contributed by atoms with E-state index in [-0.39, 0.29) is 36.4 Å². The van der Waals surface area contributed by atoms with E-state index in [0.717, 1.165) is 5.56 Å². The predicted octanol–water partition coefficient (Wildman–Crippen LogP) is 3.17. The Hall–Kier alpha value is -3.40. The number of hydrogen-bond acceptors (Lipinski definition) is 6. The third-order valence-electron chi connectivity index (χ3n) is 3.80. The van der Waals surface area contributed by atoms with E-state index in [0.29, 0.717) is 11.1 Å². The lowest BCUT2D eigenvalue weighted by Gasteiger charge is -2.08. The van der Waals surface area contributed by atoms with Crippen molar-refractivity contribution >= 4 is 23.5 Å². The number of hydrogen-bond donors (Lipinski definition) is 1. The molecule has 2 rings (SSSR count). The number of ether oxygens (including phenoxy) is 2. The molecular weight excluding hydrogens is 348 g/mol. The molecule has 0 bridgehead atoms. The first-order valence-corrected chi connectivity index (χ1v) is 8.51. The Labute approximate surface area is 157 Å². The molecule has 0 heterocycles. The van der Waals surface area contributed by atoms with E-state index >= 15 is 0 Å². The van der Waals surface area contributed by atoms with Crippen molar-refractivity contribution in [2.24, 2.45) is 0 Å². The van der Waals surface area contributed by atoms with Crippen molar-refractivity contribution in [2.75, 3.05) is 18.5 Å². The van der Waals surface area contributed by atoms with Crippen LogP contribution in [-0.2, 0) is 20.7 Å². The summed E-state index contributed by atoms with van der Waals surface area (Å²) in [5.74, 6) is -1.75. The molecule has 0 spiro atoms. The summed E-state index contributed by atoms with van der Waals surface area (Å²) in [4.78, 5) is 36.9. The number of fused-ring (bicyclic) bond motifs is 1. The Kier molecular flexibility index (Phi) is 6.50. The van der Waals surface area contributed by atoms with Crippen molar-refractivity contribution in [3.63, 3.8) is 0 Å². The summed E-state index contributed by atoms with van der Waals surface area (Å²) in [6.45, 7) is 4.89. The molecule has 0 saturated heterocycles. The van der Waals surface area contributed by atoms with Crippen molar-refractivity contribution in [1.82, 2.24) is 0 Å². The SMILES string of the molecule is CCOC(=O)c1c2ccc(CC#N)ccc-2c(C(=O)OCC)c1NC(C)=O. The molecule has 1 N–H and O–H groups in total. The van der Waals surface area contributed by atoms with Crippen molar-refractivity contribution in [3.8, 4) is 17.2 Å². The second-order valence-electron chi connectivity index (χ2n) is 5.65. The van der Waals surface area contributed by atoms with Gasteiger partial charge in [-0.05, 0) is 30.5 Å². The average Bonchev–Trinajstić information content (AvgIpc) is 2.76. The topological polar surface area (TPSA) is 105 Å². The minimum Gasteiger partial charge on any atom is -0.462 e. The standard InChI is InChI=1S/C20H20N2O5/c1-4-26-19(24)16-14-8-6-13(10-11-21)7-9-15(14)17(20(25)27-5-2)18(16)22-12(3)23/h6-9H,4-5,10H2,1-3H3,(H,22,23). The minimum atomic E-state index is -0.658. The molecule has 0 saturated carbocycles. The Morgan fingerprint density at radius 2 is 1.44 bits per heavy atom. The van der Waals surface area contributed by atoms with Gasteiger partial charge in [0.15, 0.2) is 0 Å². The fraction of sp³-hybridized carbons (Fsp3) is 0.300. The highest BCUT2D eigenvalue weighted by Crippen LogP contribution is 2.41. The second kappa shape index (κ2) is 8.81. The molecule has 27 heavy (non-hydrogen) atoms. The number of anilines is 1. The summed E-state index contributed by atoms with van der Waals surface area (Å²) in [7, 11) is 0. The summed E-state index contributed by atoms with van der Waals surface area (Å²) >= 11 is 0. The predicted molar refractivity (Wildman–Crippen MR) is 98.6 cm³/mol. The van der Waals surface area contributed by atoms with E-state index in [2.05, 4.69) is 11.4 Å². The monoisotopic (exact) mass is 368 g/mol. The molecule has 7 heteroatoms. The molecule has 2 aliphatic carbocycles. The Bertz CT molecular complexity index is 842. The highest BCUT2D eigenvalue weighted by Gasteiger charge is 2.32. The van der Waals surface area contributed by atoms with Crippen LogP contribution in [0, 0.1) is 11.3 Å². The minimum absolute atomic E-state index is 0.0717. The van der Waals surface area contributed by atoms with Crippen LogP contribution in [0.1, 0.15) is 47.1 Å². The fourth-order valence-corrected chi connectivity index (χ4v) is 2.79. The fourth-order valence-electron chi connectivity index (χ4n) is 2.79. The molecule has 0 fully saturated rings. The number of carbonyl (C=O) groups is 3. The summed E-state index contributed by atoms with van der Waals surface area (Å²) in [5.41, 5.74) is 1.84. The van der Waals surface area contributed by atoms with E-state index in [4.69, 9.17) is 14.7 Å². The van der Waals surface area contributed by atoms with Gasteiger partial charge in [0.05, 0.1) is 42.5 Å². The molecule has 0 aromatic heterocycles. The van der Waals surface area contributed by atoms with Crippen LogP contribution in [0.2, 0.25) is 0 Å². The molecule has 0 aliphatic heterocycles. The molecule has 2 aliphatic rings. The van der Waals surface area contributed by atoms with Gasteiger partial charge >= 0.3 is 11.9 Å². The van der Waals surface area contributed by atoms with Gasteiger partial charge in [0.2, 0.25) is 5.91 Å². The van der Waals surface area contributed by atoms with E-state index in [1.165, 1.54) is 6.92 Å². The van der Waals surface area contributed by atoms with Gasteiger partial charge in [0.25, 0.3) is 0 Å². The molecule has 7 nitrogen and oxygen atoms in total. The zero-order chi connectivity index (χ0) is 20.0. The molecule has 0 aromatic rings. The lowest BCUT2D eigenvalue weighted by molar-refractivity contribution is -0.114. The van der Waals surface area contributed by atoms with Crippen LogP contribution in [0.15, 0.2) is 24.3 Å². The molecular formula is C20H20N2O5. The zero-order valence-electron chi connectivity index (χ0n) is 15.4. The van der Waals surface area contributed by atoms with E-state index < -0.39 is 17.8 Å². The number of nitriles is 1. The lowest BCUT2D eigenvalue weighted by Crippen LogP contribution is -2.15. The summed E-state index contributed by atoms with van der Waals surface area (Å²) in [6, 6.07) is 8.73. The van der Waals surface area contributed by atoms with Crippen molar-refractivity contribution < 1.29 is 23.9 Å². The molecule has 0 radical (unpaired) electrons. The van der Waals surface area contributed by atoms with Gasteiger partial charge < -0.3 is 14.8 Å². The van der Waals surface area contributed by atoms with Gasteiger partial charge in [0.1, 0.15) is 0 Å². The maximum absolute atomic E-state index is 12.6. The largest absolute Gasteiger partial charge is 0.462 e. The van der Waals surface area contributed by atoms with E-state index in [1.807, 2.05) is 0 Å². The number of nitrogens with zero attached hydrogens (tertiary/aromatic N) is 1. The normalized spacial score (nSPS) is 10.1. The number of carbonyl (C=O) groups excluding carboxylic acids is 3. The molecule has 0 aromatic carbocycles. The summed E-state index contributed by atoms with van der Waals surface area (Å²) in [5, 5.41) is 11.5. The van der Waals surface area contributed by atoms with Gasteiger partial charge in [-0.25, -0.2) is 9.59 Å². The number of rotatable bonds is 6. The van der Waals surface area contributed by atoms with Crippen LogP contribution in [0.3, 0.4) is 0 Å². The molecule has 140 valence electrons. The van der Waals surface area contributed by atoms with Gasteiger partial charge in [-0.2, -0.15) is 5.26 Å². The first-order chi connectivity index (χ1) is 12.9. The van der Waals surface area contributed by atoms with Gasteiger partial charge in [0, 0.05) is 6.92 Å². The smallest absolute Gasteiger partial charge is 0.340 e. The number of esters is 2. The molecule has 1 amide bonds. The van der Waals surface area contributed by atoms with Crippen LogP contribution in [-0.4, -0.2) is 31.1 Å². The van der Waals surface area contributed by atoms with E-state index in [9.17, 15) is 14.4 Å². The van der Waals surface area contributed by atoms with Crippen LogP contribution < -0.4 is 5.32 Å². The first kappa shape index (κ1) is 19.9. The first-order valence-electron chi connectivity index (χ1n) is 8.51. The van der Waals surface area contributed by atoms with Crippen molar-refractivity contribution in [1.29, 1.82) is 5.26 Å². The maximum atomic E-state index is 12.6. The Balaban J connectivity index is 2.84. The number of amides is 1. The third-order valence-corrected chi connectivity index (χ3v) is 3.80. The lowest BCUT2D eigenvalue weighted by atomic mass is 10.1. The van der Waals surface area contributed by atoms with Gasteiger partial charge in [-0.1, -0.05) is 24.3 Å².